The molecule has 0 aromatic heterocycles. The van der Waals surface area contributed by atoms with Crippen LogP contribution in [0.2, 0.25) is 0 Å². The maximum Gasteiger partial charge on any atom is 0.313 e. The standard InChI is InChI=1S/C19H25N3O3/c1-2-14-7-3-4-9-16(14)20-18(24)19(25)21-11-5-8-15(13-21)22-12-6-10-17(22)23/h3-4,7,9,15H,2,5-6,8,10-13H2,1H3,(H,20,24)/t15-/m1/s1. The van der Waals surface area contributed by atoms with Gasteiger partial charge < -0.3 is 15.1 Å². The lowest BCUT2D eigenvalue weighted by Crippen LogP contribution is -2.52. The maximum absolute atomic E-state index is 12.6. The summed E-state index contributed by atoms with van der Waals surface area (Å²) in [5, 5.41) is 2.74. The quantitative estimate of drug-likeness (QED) is 0.851. The lowest BCUT2D eigenvalue weighted by Gasteiger charge is -2.37. The van der Waals surface area contributed by atoms with Crippen LogP contribution in [0.4, 0.5) is 5.69 Å². The fourth-order valence-electron chi connectivity index (χ4n) is 3.72. The number of benzene rings is 1. The molecule has 1 atom stereocenters. The molecule has 134 valence electrons. The molecule has 2 heterocycles. The van der Waals surface area contributed by atoms with E-state index in [1.54, 1.807) is 4.90 Å². The molecule has 2 aliphatic heterocycles. The molecule has 3 amide bonds. The minimum atomic E-state index is -0.603. The van der Waals surface area contributed by atoms with Crippen molar-refractivity contribution in [1.82, 2.24) is 9.80 Å². The summed E-state index contributed by atoms with van der Waals surface area (Å²) in [6.45, 7) is 3.80. The van der Waals surface area contributed by atoms with Crippen molar-refractivity contribution in [3.63, 3.8) is 0 Å². The Kier molecular flexibility index (Phi) is 5.36. The smallest absolute Gasteiger partial charge is 0.313 e. The number of nitrogens with one attached hydrogen (secondary N) is 1. The molecule has 6 heteroatoms. The molecule has 1 aromatic carbocycles. The fraction of sp³-hybridized carbons (Fsp3) is 0.526. The van der Waals surface area contributed by atoms with E-state index in [4.69, 9.17) is 0 Å². The SMILES string of the molecule is CCc1ccccc1NC(=O)C(=O)N1CCC[C@@H](N2CCCC2=O)C1. The van der Waals surface area contributed by atoms with Gasteiger partial charge in [0.05, 0.1) is 0 Å². The lowest BCUT2D eigenvalue weighted by molar-refractivity contribution is -0.145. The third kappa shape index (κ3) is 3.83. The van der Waals surface area contributed by atoms with Crippen molar-refractivity contribution in [3.05, 3.63) is 29.8 Å². The number of carbonyl (C=O) groups is 3. The second kappa shape index (κ2) is 7.68. The number of rotatable bonds is 3. The first-order chi connectivity index (χ1) is 12.1. The first-order valence-electron chi connectivity index (χ1n) is 9.07. The molecule has 2 fully saturated rings. The number of para-hydroxylation sites is 1. The van der Waals surface area contributed by atoms with Crippen LogP contribution in [0, 0.1) is 0 Å². The van der Waals surface area contributed by atoms with E-state index in [1.165, 1.54) is 0 Å². The molecular formula is C19H25N3O3. The zero-order chi connectivity index (χ0) is 17.8. The summed E-state index contributed by atoms with van der Waals surface area (Å²) in [6.07, 6.45) is 3.98. The molecule has 1 aromatic rings. The average Bonchev–Trinajstić information content (AvgIpc) is 3.07. The third-order valence-electron chi connectivity index (χ3n) is 5.08. The molecule has 25 heavy (non-hydrogen) atoms. The van der Waals surface area contributed by atoms with Crippen LogP contribution in [0.5, 0.6) is 0 Å². The Hall–Kier alpha value is -2.37. The van der Waals surface area contributed by atoms with Gasteiger partial charge in [0.15, 0.2) is 0 Å². The number of likely N-dealkylation sites (tertiary alicyclic amines) is 2. The molecular weight excluding hydrogens is 318 g/mol. The molecule has 2 aliphatic rings. The van der Waals surface area contributed by atoms with Crippen LogP contribution < -0.4 is 5.32 Å². The van der Waals surface area contributed by atoms with E-state index in [9.17, 15) is 14.4 Å². The Morgan fingerprint density at radius 3 is 2.72 bits per heavy atom. The summed E-state index contributed by atoms with van der Waals surface area (Å²) in [5.74, 6) is -0.947. The topological polar surface area (TPSA) is 69.7 Å². The Labute approximate surface area is 148 Å². The van der Waals surface area contributed by atoms with Gasteiger partial charge in [-0.15, -0.1) is 0 Å². The summed E-state index contributed by atoms with van der Waals surface area (Å²) in [6, 6.07) is 7.55. The van der Waals surface area contributed by atoms with Crippen LogP contribution in [0.1, 0.15) is 38.2 Å². The maximum atomic E-state index is 12.6. The molecule has 0 bridgehead atoms. The predicted molar refractivity (Wildman–Crippen MR) is 95.0 cm³/mol. The number of hydrogen-bond acceptors (Lipinski definition) is 3. The molecule has 3 rings (SSSR count). The van der Waals surface area contributed by atoms with Gasteiger partial charge in [-0.3, -0.25) is 14.4 Å². The minimum absolute atomic E-state index is 0.0448. The minimum Gasteiger partial charge on any atom is -0.338 e. The highest BCUT2D eigenvalue weighted by atomic mass is 16.2. The van der Waals surface area contributed by atoms with E-state index in [1.807, 2.05) is 36.1 Å². The van der Waals surface area contributed by atoms with Crippen molar-refractivity contribution in [3.8, 4) is 0 Å². The summed E-state index contributed by atoms with van der Waals surface area (Å²) < 4.78 is 0. The van der Waals surface area contributed by atoms with Gasteiger partial charge in [-0.1, -0.05) is 25.1 Å². The van der Waals surface area contributed by atoms with Crippen molar-refractivity contribution in [1.29, 1.82) is 0 Å². The van der Waals surface area contributed by atoms with Gasteiger partial charge in [0, 0.05) is 37.8 Å². The summed E-state index contributed by atoms with van der Waals surface area (Å²) in [4.78, 5) is 40.3. The zero-order valence-electron chi connectivity index (χ0n) is 14.7. The van der Waals surface area contributed by atoms with Crippen LogP contribution >= 0.6 is 0 Å². The van der Waals surface area contributed by atoms with Crippen LogP contribution in [-0.4, -0.2) is 53.2 Å². The second-order valence-corrected chi connectivity index (χ2v) is 6.70. The zero-order valence-corrected chi connectivity index (χ0v) is 14.7. The van der Waals surface area contributed by atoms with Gasteiger partial charge in [-0.05, 0) is 37.3 Å². The van der Waals surface area contributed by atoms with E-state index in [-0.39, 0.29) is 11.9 Å². The summed E-state index contributed by atoms with van der Waals surface area (Å²) >= 11 is 0. The van der Waals surface area contributed by atoms with E-state index >= 15 is 0 Å². The number of hydrogen-bond donors (Lipinski definition) is 1. The van der Waals surface area contributed by atoms with Crippen molar-refractivity contribution in [2.75, 3.05) is 25.0 Å². The Morgan fingerprint density at radius 2 is 2.00 bits per heavy atom. The second-order valence-electron chi connectivity index (χ2n) is 6.70. The van der Waals surface area contributed by atoms with E-state index < -0.39 is 11.8 Å². The van der Waals surface area contributed by atoms with Gasteiger partial charge in [0.1, 0.15) is 0 Å². The largest absolute Gasteiger partial charge is 0.338 e. The number of amides is 3. The van der Waals surface area contributed by atoms with Gasteiger partial charge in [-0.25, -0.2) is 0 Å². The highest BCUT2D eigenvalue weighted by Crippen LogP contribution is 2.22. The number of nitrogens with zero attached hydrogens (tertiary/aromatic N) is 2. The van der Waals surface area contributed by atoms with Crippen LogP contribution in [0.25, 0.3) is 0 Å². The molecule has 0 aliphatic carbocycles. The van der Waals surface area contributed by atoms with E-state index in [0.717, 1.165) is 37.8 Å². The highest BCUT2D eigenvalue weighted by molar-refractivity contribution is 6.39. The highest BCUT2D eigenvalue weighted by Gasteiger charge is 2.34. The molecule has 0 unspecified atom stereocenters. The van der Waals surface area contributed by atoms with E-state index in [2.05, 4.69) is 5.32 Å². The lowest BCUT2D eigenvalue weighted by atomic mass is 10.0. The Balaban J connectivity index is 1.63. The first-order valence-corrected chi connectivity index (χ1v) is 9.07. The van der Waals surface area contributed by atoms with Crippen LogP contribution in [-0.2, 0) is 20.8 Å². The summed E-state index contributed by atoms with van der Waals surface area (Å²) in [7, 11) is 0. The first kappa shape index (κ1) is 17.5. The van der Waals surface area contributed by atoms with E-state index in [0.29, 0.717) is 25.2 Å². The molecule has 2 saturated heterocycles. The number of aryl methyl sites for hydroxylation is 1. The fourth-order valence-corrected chi connectivity index (χ4v) is 3.72. The van der Waals surface area contributed by atoms with Gasteiger partial charge in [-0.2, -0.15) is 0 Å². The van der Waals surface area contributed by atoms with Crippen LogP contribution in [0.15, 0.2) is 24.3 Å². The van der Waals surface area contributed by atoms with Gasteiger partial charge in [0.2, 0.25) is 5.91 Å². The molecule has 0 radical (unpaired) electrons. The molecule has 6 nitrogen and oxygen atoms in total. The van der Waals surface area contributed by atoms with Crippen molar-refractivity contribution >= 4 is 23.4 Å². The molecule has 1 N–H and O–H groups in total. The number of anilines is 1. The third-order valence-corrected chi connectivity index (χ3v) is 5.08. The van der Waals surface area contributed by atoms with Crippen molar-refractivity contribution in [2.45, 2.75) is 45.1 Å². The van der Waals surface area contributed by atoms with Crippen molar-refractivity contribution in [2.24, 2.45) is 0 Å². The summed E-state index contributed by atoms with van der Waals surface area (Å²) in [5.41, 5.74) is 1.69. The monoisotopic (exact) mass is 343 g/mol. The number of piperidine rings is 1. The molecule has 0 saturated carbocycles. The average molecular weight is 343 g/mol. The normalized spacial score (nSPS) is 20.7. The van der Waals surface area contributed by atoms with Gasteiger partial charge in [0.25, 0.3) is 0 Å². The Morgan fingerprint density at radius 1 is 1.20 bits per heavy atom. The van der Waals surface area contributed by atoms with Crippen LogP contribution in [0.3, 0.4) is 0 Å². The van der Waals surface area contributed by atoms with Gasteiger partial charge >= 0.3 is 11.8 Å². The molecule has 0 spiro atoms. The Bertz CT molecular complexity index is 674. The number of carbonyl (C=O) groups excluding carboxylic acids is 3. The predicted octanol–water partition coefficient (Wildman–Crippen LogP) is 1.80. The van der Waals surface area contributed by atoms with Crippen molar-refractivity contribution < 1.29 is 14.4 Å².